The molecular weight excluding hydrogens is 224 g/mol. The number of nitrogens with one attached hydrogen (secondary N) is 1. The second-order valence-electron chi connectivity index (χ2n) is 3.65. The van der Waals surface area contributed by atoms with Crippen LogP contribution in [0.3, 0.4) is 0 Å². The van der Waals surface area contributed by atoms with Gasteiger partial charge >= 0.3 is 11.9 Å². The van der Waals surface area contributed by atoms with Gasteiger partial charge in [-0.1, -0.05) is 5.16 Å². The molecule has 0 saturated carbocycles. The summed E-state index contributed by atoms with van der Waals surface area (Å²) in [5.41, 5.74) is 1.47. The van der Waals surface area contributed by atoms with Crippen molar-refractivity contribution in [2.75, 3.05) is 6.61 Å². The first kappa shape index (κ1) is 13.2. The number of aromatic nitrogens is 1. The first-order valence-corrected chi connectivity index (χ1v) is 5.37. The van der Waals surface area contributed by atoms with E-state index in [0.29, 0.717) is 11.5 Å². The van der Waals surface area contributed by atoms with Crippen LogP contribution < -0.4 is 5.32 Å². The summed E-state index contributed by atoms with van der Waals surface area (Å²) in [6.45, 7) is 7.10. The monoisotopic (exact) mass is 240 g/mol. The first-order valence-electron chi connectivity index (χ1n) is 5.37. The predicted molar refractivity (Wildman–Crippen MR) is 59.2 cm³/mol. The van der Waals surface area contributed by atoms with Crippen LogP contribution in [0.5, 0.6) is 0 Å². The minimum atomic E-state index is -0.883. The number of hydrogen-bond acceptors (Lipinski definition) is 5. The number of rotatable bonds is 3. The Morgan fingerprint density at radius 2 is 2.12 bits per heavy atom. The maximum absolute atomic E-state index is 11.4. The van der Waals surface area contributed by atoms with Crippen molar-refractivity contribution in [1.82, 2.24) is 10.5 Å². The number of hydrogen-bond donors (Lipinski definition) is 1. The van der Waals surface area contributed by atoms with Crippen molar-refractivity contribution in [3.63, 3.8) is 0 Å². The maximum Gasteiger partial charge on any atom is 0.396 e. The van der Waals surface area contributed by atoms with Gasteiger partial charge in [-0.05, 0) is 27.7 Å². The summed E-state index contributed by atoms with van der Waals surface area (Å²) in [6, 6.07) is -0.349. The van der Waals surface area contributed by atoms with Crippen LogP contribution in [0, 0.1) is 13.8 Å². The second kappa shape index (κ2) is 5.47. The van der Waals surface area contributed by atoms with E-state index in [1.165, 1.54) is 0 Å². The molecule has 0 fully saturated rings. The van der Waals surface area contributed by atoms with Gasteiger partial charge in [-0.15, -0.1) is 0 Å². The summed E-state index contributed by atoms with van der Waals surface area (Å²) in [5.74, 6) is -1.02. The topological polar surface area (TPSA) is 81.4 Å². The number of amides is 1. The van der Waals surface area contributed by atoms with Crippen LogP contribution in [0.25, 0.3) is 0 Å². The number of carbonyl (C=O) groups excluding carboxylic acids is 2. The van der Waals surface area contributed by atoms with Crippen molar-refractivity contribution >= 4 is 11.9 Å². The van der Waals surface area contributed by atoms with Crippen molar-refractivity contribution in [2.45, 2.75) is 33.7 Å². The molecule has 0 radical (unpaired) electrons. The van der Waals surface area contributed by atoms with Gasteiger partial charge in [0.1, 0.15) is 5.76 Å². The van der Waals surface area contributed by atoms with Gasteiger partial charge < -0.3 is 14.6 Å². The minimum absolute atomic E-state index is 0.173. The summed E-state index contributed by atoms with van der Waals surface area (Å²) in [5, 5.41) is 6.32. The van der Waals surface area contributed by atoms with E-state index in [-0.39, 0.29) is 12.6 Å². The molecule has 6 heteroatoms. The highest BCUT2D eigenvalue weighted by Crippen LogP contribution is 2.20. The molecule has 0 aliphatic carbocycles. The van der Waals surface area contributed by atoms with Gasteiger partial charge in [0.25, 0.3) is 0 Å². The lowest BCUT2D eigenvalue weighted by Gasteiger charge is -2.12. The zero-order valence-electron chi connectivity index (χ0n) is 10.4. The molecule has 1 amide bonds. The highest BCUT2D eigenvalue weighted by Gasteiger charge is 2.22. The Hall–Kier alpha value is -1.85. The van der Waals surface area contributed by atoms with Gasteiger partial charge in [0.15, 0.2) is 0 Å². The fraction of sp³-hybridized carbons (Fsp3) is 0.545. The van der Waals surface area contributed by atoms with Crippen molar-refractivity contribution < 1.29 is 18.8 Å². The van der Waals surface area contributed by atoms with E-state index in [1.807, 2.05) is 0 Å². The van der Waals surface area contributed by atoms with E-state index in [2.05, 4.69) is 15.2 Å². The second-order valence-corrected chi connectivity index (χ2v) is 3.65. The Balaban J connectivity index is 2.70. The highest BCUT2D eigenvalue weighted by atomic mass is 16.5. The SMILES string of the molecule is CCOC(=O)C(=O)NC(C)c1c(C)noc1C. The normalized spacial score (nSPS) is 12.0. The number of ether oxygens (including phenoxy) is 1. The van der Waals surface area contributed by atoms with Crippen molar-refractivity contribution in [3.05, 3.63) is 17.0 Å². The Morgan fingerprint density at radius 3 is 2.59 bits per heavy atom. The third-order valence-electron chi connectivity index (χ3n) is 2.33. The molecule has 0 aliphatic rings. The molecule has 0 aliphatic heterocycles. The molecule has 6 nitrogen and oxygen atoms in total. The third kappa shape index (κ3) is 3.05. The van der Waals surface area contributed by atoms with Gasteiger partial charge in [-0.2, -0.15) is 0 Å². The van der Waals surface area contributed by atoms with Gasteiger partial charge in [0.2, 0.25) is 0 Å². The minimum Gasteiger partial charge on any atom is -0.459 e. The molecule has 1 N–H and O–H groups in total. The van der Waals surface area contributed by atoms with E-state index in [1.54, 1.807) is 27.7 Å². The van der Waals surface area contributed by atoms with Crippen LogP contribution in [-0.2, 0) is 14.3 Å². The summed E-state index contributed by atoms with van der Waals surface area (Å²) in [6.07, 6.45) is 0. The van der Waals surface area contributed by atoms with Crippen molar-refractivity contribution in [3.8, 4) is 0 Å². The predicted octanol–water partition coefficient (Wildman–Crippen LogP) is 1.03. The Kier molecular flexibility index (Phi) is 4.25. The molecule has 1 heterocycles. The largest absolute Gasteiger partial charge is 0.459 e. The molecule has 17 heavy (non-hydrogen) atoms. The van der Waals surface area contributed by atoms with Gasteiger partial charge in [-0.25, -0.2) is 4.79 Å². The summed E-state index contributed by atoms with van der Waals surface area (Å²) in [4.78, 5) is 22.6. The molecule has 1 atom stereocenters. The van der Waals surface area contributed by atoms with Crippen molar-refractivity contribution in [2.24, 2.45) is 0 Å². The molecule has 1 aromatic rings. The molecule has 1 rings (SSSR count). The Bertz CT molecular complexity index is 406. The van der Waals surface area contributed by atoms with E-state index in [4.69, 9.17) is 4.52 Å². The highest BCUT2D eigenvalue weighted by molar-refractivity contribution is 6.32. The Labute approximate surface area is 99.3 Å². The standard InChI is InChI=1S/C11H16N2O4/c1-5-16-11(15)10(14)12-6(2)9-7(3)13-17-8(9)4/h6H,5H2,1-4H3,(H,12,14). The van der Waals surface area contributed by atoms with E-state index < -0.39 is 11.9 Å². The lowest BCUT2D eigenvalue weighted by molar-refractivity contribution is -0.154. The van der Waals surface area contributed by atoms with Crippen LogP contribution in [0.2, 0.25) is 0 Å². The summed E-state index contributed by atoms with van der Waals surface area (Å²) in [7, 11) is 0. The fourth-order valence-electron chi connectivity index (χ4n) is 1.63. The molecule has 0 bridgehead atoms. The van der Waals surface area contributed by atoms with Gasteiger partial charge in [-0.3, -0.25) is 4.79 Å². The van der Waals surface area contributed by atoms with E-state index >= 15 is 0 Å². The van der Waals surface area contributed by atoms with Crippen LogP contribution in [0.1, 0.15) is 36.9 Å². The molecule has 94 valence electrons. The maximum atomic E-state index is 11.4. The van der Waals surface area contributed by atoms with Crippen LogP contribution >= 0.6 is 0 Å². The zero-order valence-corrected chi connectivity index (χ0v) is 10.4. The first-order chi connectivity index (χ1) is 7.97. The average Bonchev–Trinajstić information content (AvgIpc) is 2.58. The fourth-order valence-corrected chi connectivity index (χ4v) is 1.63. The lowest BCUT2D eigenvalue weighted by Crippen LogP contribution is -2.34. The van der Waals surface area contributed by atoms with Crippen LogP contribution in [-0.4, -0.2) is 23.6 Å². The number of carbonyl (C=O) groups is 2. The van der Waals surface area contributed by atoms with Crippen molar-refractivity contribution in [1.29, 1.82) is 0 Å². The van der Waals surface area contributed by atoms with Crippen LogP contribution in [0.4, 0.5) is 0 Å². The number of nitrogens with zero attached hydrogens (tertiary/aromatic N) is 1. The number of aryl methyl sites for hydroxylation is 2. The zero-order chi connectivity index (χ0) is 13.0. The summed E-state index contributed by atoms with van der Waals surface area (Å²) >= 11 is 0. The Morgan fingerprint density at radius 1 is 1.47 bits per heavy atom. The molecular formula is C11H16N2O4. The molecule has 1 aromatic heterocycles. The molecule has 0 spiro atoms. The third-order valence-corrected chi connectivity index (χ3v) is 2.33. The molecule has 1 unspecified atom stereocenters. The van der Waals surface area contributed by atoms with Crippen LogP contribution in [0.15, 0.2) is 4.52 Å². The van der Waals surface area contributed by atoms with Gasteiger partial charge in [0.05, 0.1) is 18.3 Å². The van der Waals surface area contributed by atoms with Gasteiger partial charge in [0, 0.05) is 5.56 Å². The molecule has 0 saturated heterocycles. The quantitative estimate of drug-likeness (QED) is 0.630. The molecule has 0 aromatic carbocycles. The lowest BCUT2D eigenvalue weighted by atomic mass is 10.1. The van der Waals surface area contributed by atoms with E-state index in [0.717, 1.165) is 5.56 Å². The van der Waals surface area contributed by atoms with E-state index in [9.17, 15) is 9.59 Å². The number of esters is 1. The summed E-state index contributed by atoms with van der Waals surface area (Å²) < 4.78 is 9.58. The average molecular weight is 240 g/mol. The smallest absolute Gasteiger partial charge is 0.396 e.